The summed E-state index contributed by atoms with van der Waals surface area (Å²) in [6.45, 7) is 5.25. The summed E-state index contributed by atoms with van der Waals surface area (Å²) in [6, 6.07) is -0.991. The highest BCUT2D eigenvalue weighted by Crippen LogP contribution is 2.08. The molecule has 21 heavy (non-hydrogen) atoms. The summed E-state index contributed by atoms with van der Waals surface area (Å²) in [5.74, 6) is -1.76. The van der Waals surface area contributed by atoms with Crippen molar-refractivity contribution in [2.45, 2.75) is 46.1 Å². The SMILES string of the molecule is CCCC[C@H](NC(=O)c1c(C)c(C)nn(C)c1=O)C(=O)O. The lowest BCUT2D eigenvalue weighted by molar-refractivity contribution is -0.139. The molecule has 1 amide bonds. The molecule has 0 aliphatic heterocycles. The van der Waals surface area contributed by atoms with E-state index >= 15 is 0 Å². The normalized spacial score (nSPS) is 12.0. The molecular weight excluding hydrogens is 274 g/mol. The third-order valence-corrected chi connectivity index (χ3v) is 3.40. The number of hydrogen-bond acceptors (Lipinski definition) is 4. The van der Waals surface area contributed by atoms with E-state index < -0.39 is 23.5 Å². The minimum Gasteiger partial charge on any atom is -0.480 e. The third kappa shape index (κ3) is 3.90. The van der Waals surface area contributed by atoms with E-state index in [1.165, 1.54) is 7.05 Å². The molecule has 0 saturated heterocycles. The minimum atomic E-state index is -1.10. The van der Waals surface area contributed by atoms with E-state index in [1.54, 1.807) is 13.8 Å². The molecule has 0 bridgehead atoms. The number of nitrogens with zero attached hydrogens (tertiary/aromatic N) is 2. The van der Waals surface area contributed by atoms with Crippen molar-refractivity contribution in [1.29, 1.82) is 0 Å². The smallest absolute Gasteiger partial charge is 0.326 e. The number of carboxylic acid groups (broad SMARTS) is 1. The largest absolute Gasteiger partial charge is 0.480 e. The number of rotatable bonds is 6. The fourth-order valence-corrected chi connectivity index (χ4v) is 2.01. The van der Waals surface area contributed by atoms with Crippen molar-refractivity contribution >= 4 is 11.9 Å². The van der Waals surface area contributed by atoms with Crippen LogP contribution in [0.15, 0.2) is 4.79 Å². The van der Waals surface area contributed by atoms with Gasteiger partial charge in [0, 0.05) is 7.05 Å². The molecule has 0 fully saturated rings. The van der Waals surface area contributed by atoms with Crippen LogP contribution in [0.2, 0.25) is 0 Å². The third-order valence-electron chi connectivity index (χ3n) is 3.40. The Morgan fingerprint density at radius 2 is 2.00 bits per heavy atom. The predicted molar refractivity (Wildman–Crippen MR) is 77.4 cm³/mol. The molecule has 0 aliphatic carbocycles. The van der Waals surface area contributed by atoms with E-state index in [1.807, 2.05) is 6.92 Å². The average molecular weight is 295 g/mol. The van der Waals surface area contributed by atoms with Gasteiger partial charge in [0.1, 0.15) is 11.6 Å². The first-order valence-electron chi connectivity index (χ1n) is 6.87. The van der Waals surface area contributed by atoms with E-state index in [0.717, 1.165) is 11.1 Å². The molecule has 0 radical (unpaired) electrons. The van der Waals surface area contributed by atoms with Crippen molar-refractivity contribution in [3.63, 3.8) is 0 Å². The number of hydrogen-bond donors (Lipinski definition) is 2. The highest BCUT2D eigenvalue weighted by molar-refractivity contribution is 5.97. The van der Waals surface area contributed by atoms with Gasteiger partial charge < -0.3 is 10.4 Å². The number of carbonyl (C=O) groups is 2. The van der Waals surface area contributed by atoms with Gasteiger partial charge in [-0.25, -0.2) is 9.48 Å². The average Bonchev–Trinajstić information content (AvgIpc) is 2.41. The van der Waals surface area contributed by atoms with Crippen LogP contribution in [0.1, 0.15) is 47.8 Å². The highest BCUT2D eigenvalue weighted by atomic mass is 16.4. The molecule has 7 nitrogen and oxygen atoms in total. The van der Waals surface area contributed by atoms with Crippen LogP contribution in [0.5, 0.6) is 0 Å². The molecule has 116 valence electrons. The van der Waals surface area contributed by atoms with Gasteiger partial charge in [-0.1, -0.05) is 19.8 Å². The van der Waals surface area contributed by atoms with E-state index in [4.69, 9.17) is 5.11 Å². The van der Waals surface area contributed by atoms with Crippen LogP contribution in [0, 0.1) is 13.8 Å². The summed E-state index contributed by atoms with van der Waals surface area (Å²) < 4.78 is 1.08. The van der Waals surface area contributed by atoms with Crippen LogP contribution in [-0.2, 0) is 11.8 Å². The van der Waals surface area contributed by atoms with Crippen LogP contribution >= 0.6 is 0 Å². The molecule has 1 aromatic heterocycles. The van der Waals surface area contributed by atoms with E-state index in [9.17, 15) is 14.4 Å². The van der Waals surface area contributed by atoms with Crippen molar-refractivity contribution in [3.8, 4) is 0 Å². The van der Waals surface area contributed by atoms with Crippen molar-refractivity contribution in [2.75, 3.05) is 0 Å². The Morgan fingerprint density at radius 1 is 1.38 bits per heavy atom. The first kappa shape index (κ1) is 16.9. The zero-order chi connectivity index (χ0) is 16.2. The number of aromatic nitrogens is 2. The molecule has 0 aromatic carbocycles. The highest BCUT2D eigenvalue weighted by Gasteiger charge is 2.24. The molecule has 1 rings (SSSR count). The van der Waals surface area contributed by atoms with Gasteiger partial charge in [-0.05, 0) is 25.8 Å². The van der Waals surface area contributed by atoms with Crippen LogP contribution in [0.3, 0.4) is 0 Å². The zero-order valence-corrected chi connectivity index (χ0v) is 12.8. The molecule has 0 spiro atoms. The van der Waals surface area contributed by atoms with Crippen LogP contribution in [0.4, 0.5) is 0 Å². The predicted octanol–water partition coefficient (Wildman–Crippen LogP) is 0.770. The molecule has 0 aliphatic rings. The Hall–Kier alpha value is -2.18. The topological polar surface area (TPSA) is 101 Å². The molecule has 7 heteroatoms. The minimum absolute atomic E-state index is 0.0484. The summed E-state index contributed by atoms with van der Waals surface area (Å²) in [6.07, 6.45) is 1.85. The maximum absolute atomic E-state index is 12.3. The lowest BCUT2D eigenvalue weighted by Gasteiger charge is -2.15. The van der Waals surface area contributed by atoms with Crippen LogP contribution in [-0.4, -0.2) is 32.8 Å². The number of aryl methyl sites for hydroxylation is 2. The number of amides is 1. The number of unbranched alkanes of at least 4 members (excludes halogenated alkanes) is 1. The van der Waals surface area contributed by atoms with Gasteiger partial charge in [0.25, 0.3) is 11.5 Å². The fourth-order valence-electron chi connectivity index (χ4n) is 2.01. The second-order valence-electron chi connectivity index (χ2n) is 5.02. The quantitative estimate of drug-likeness (QED) is 0.807. The monoisotopic (exact) mass is 295 g/mol. The van der Waals surface area contributed by atoms with E-state index in [2.05, 4.69) is 10.4 Å². The van der Waals surface area contributed by atoms with Gasteiger partial charge in [0.05, 0.1) is 5.69 Å². The molecule has 1 atom stereocenters. The van der Waals surface area contributed by atoms with Gasteiger partial charge in [-0.15, -0.1) is 0 Å². The Morgan fingerprint density at radius 3 is 2.52 bits per heavy atom. The van der Waals surface area contributed by atoms with Gasteiger partial charge >= 0.3 is 5.97 Å². The van der Waals surface area contributed by atoms with E-state index in [-0.39, 0.29) is 5.56 Å². The molecule has 2 N–H and O–H groups in total. The second-order valence-corrected chi connectivity index (χ2v) is 5.02. The fraction of sp³-hybridized carbons (Fsp3) is 0.571. The first-order valence-corrected chi connectivity index (χ1v) is 6.87. The standard InChI is InChI=1S/C14H21N3O4/c1-5-6-7-10(14(20)21)15-12(18)11-8(2)9(3)16-17(4)13(11)19/h10H,5-7H2,1-4H3,(H,15,18)(H,20,21)/t10-/m0/s1. The molecule has 0 saturated carbocycles. The zero-order valence-electron chi connectivity index (χ0n) is 12.8. The van der Waals surface area contributed by atoms with Gasteiger partial charge in [0.15, 0.2) is 0 Å². The summed E-state index contributed by atoms with van der Waals surface area (Å²) in [4.78, 5) is 35.5. The Labute approximate surface area is 123 Å². The maximum atomic E-state index is 12.3. The Balaban J connectivity index is 3.09. The van der Waals surface area contributed by atoms with E-state index in [0.29, 0.717) is 24.1 Å². The van der Waals surface area contributed by atoms with Crippen LogP contribution < -0.4 is 10.9 Å². The Bertz CT molecular complexity index is 607. The lowest BCUT2D eigenvalue weighted by Crippen LogP contribution is -2.44. The van der Waals surface area contributed by atoms with Crippen LogP contribution in [0.25, 0.3) is 0 Å². The van der Waals surface area contributed by atoms with Crippen molar-refractivity contribution in [3.05, 3.63) is 27.2 Å². The molecule has 1 heterocycles. The van der Waals surface area contributed by atoms with Gasteiger partial charge in [0.2, 0.25) is 0 Å². The summed E-state index contributed by atoms with van der Waals surface area (Å²) in [5.41, 5.74) is 0.445. The van der Waals surface area contributed by atoms with Gasteiger partial charge in [-0.3, -0.25) is 9.59 Å². The van der Waals surface area contributed by atoms with Crippen molar-refractivity contribution in [1.82, 2.24) is 15.1 Å². The summed E-state index contributed by atoms with van der Waals surface area (Å²) >= 11 is 0. The van der Waals surface area contributed by atoms with Crippen molar-refractivity contribution < 1.29 is 14.7 Å². The Kier molecular flexibility index (Phi) is 5.63. The second kappa shape index (κ2) is 7.01. The number of aliphatic carboxylic acids is 1. The lowest BCUT2D eigenvalue weighted by atomic mass is 10.1. The summed E-state index contributed by atoms with van der Waals surface area (Å²) in [5, 5.41) is 15.5. The first-order chi connectivity index (χ1) is 9.79. The van der Waals surface area contributed by atoms with Gasteiger partial charge in [-0.2, -0.15) is 5.10 Å². The summed E-state index contributed by atoms with van der Waals surface area (Å²) in [7, 11) is 1.46. The molecule has 1 aromatic rings. The number of carboxylic acids is 1. The number of nitrogens with one attached hydrogen (secondary N) is 1. The number of carbonyl (C=O) groups excluding carboxylic acids is 1. The molecular formula is C14H21N3O4. The maximum Gasteiger partial charge on any atom is 0.326 e. The molecule has 0 unspecified atom stereocenters. The van der Waals surface area contributed by atoms with Crippen molar-refractivity contribution in [2.24, 2.45) is 7.05 Å².